The summed E-state index contributed by atoms with van der Waals surface area (Å²) in [4.78, 5) is 0. The number of benzene rings is 3. The van der Waals surface area contributed by atoms with E-state index in [0.717, 1.165) is 0 Å². The van der Waals surface area contributed by atoms with Gasteiger partial charge in [-0.3, -0.25) is 0 Å². The standard InChI is InChI=1S/C22H9BrN4O2/c23-21-9-20(28-18-3-1-14(10-24)16(7-18)12-26)5-6-22(21)29-19-4-2-15(11-25)17(8-19)13-27/h1-9H. The molecule has 7 heteroatoms. The Balaban J connectivity index is 1.81. The molecule has 136 valence electrons. The number of nitrogens with zero attached hydrogens (tertiary/aromatic N) is 4. The van der Waals surface area contributed by atoms with Crippen molar-refractivity contribution in [2.24, 2.45) is 0 Å². The zero-order valence-corrected chi connectivity index (χ0v) is 16.3. The molecule has 0 fully saturated rings. The van der Waals surface area contributed by atoms with Crippen molar-refractivity contribution in [3.05, 3.63) is 81.3 Å². The highest BCUT2D eigenvalue weighted by Gasteiger charge is 2.10. The Hall–Kier alpha value is -4.30. The lowest BCUT2D eigenvalue weighted by atomic mass is 10.1. The van der Waals surface area contributed by atoms with Crippen LogP contribution in [0.25, 0.3) is 0 Å². The van der Waals surface area contributed by atoms with Crippen molar-refractivity contribution >= 4 is 15.9 Å². The molecule has 0 spiro atoms. The summed E-state index contributed by atoms with van der Waals surface area (Å²) in [6.45, 7) is 0. The number of halogens is 1. The van der Waals surface area contributed by atoms with Gasteiger partial charge < -0.3 is 9.47 Å². The molecule has 0 amide bonds. The normalized spacial score (nSPS) is 9.41. The SMILES string of the molecule is N#Cc1ccc(Oc2ccc(Oc3ccc(C#N)c(C#N)c3)c(Br)c2)cc1C#N. The van der Waals surface area contributed by atoms with Crippen LogP contribution in [0.15, 0.2) is 59.1 Å². The van der Waals surface area contributed by atoms with E-state index >= 15 is 0 Å². The molecule has 0 aliphatic heterocycles. The zero-order chi connectivity index (χ0) is 20.8. The summed E-state index contributed by atoms with van der Waals surface area (Å²) in [5, 5.41) is 36.2. The summed E-state index contributed by atoms with van der Waals surface area (Å²) in [6.07, 6.45) is 0. The summed E-state index contributed by atoms with van der Waals surface area (Å²) in [6, 6.07) is 22.1. The molecule has 6 nitrogen and oxygen atoms in total. The third kappa shape index (κ3) is 4.34. The van der Waals surface area contributed by atoms with Crippen LogP contribution in [0.4, 0.5) is 0 Å². The first-order valence-corrected chi connectivity index (χ1v) is 8.91. The van der Waals surface area contributed by atoms with Crippen LogP contribution in [0.2, 0.25) is 0 Å². The van der Waals surface area contributed by atoms with Crippen LogP contribution in [0.3, 0.4) is 0 Å². The summed E-state index contributed by atoms with van der Waals surface area (Å²) < 4.78 is 12.1. The second-order valence-corrected chi connectivity index (χ2v) is 6.51. The number of rotatable bonds is 4. The average molecular weight is 441 g/mol. The van der Waals surface area contributed by atoms with Crippen molar-refractivity contribution in [3.63, 3.8) is 0 Å². The highest BCUT2D eigenvalue weighted by molar-refractivity contribution is 9.10. The van der Waals surface area contributed by atoms with Crippen LogP contribution in [0.1, 0.15) is 22.3 Å². The van der Waals surface area contributed by atoms with E-state index in [1.165, 1.54) is 24.3 Å². The molecule has 29 heavy (non-hydrogen) atoms. The Kier molecular flexibility index (Phi) is 5.77. The Morgan fingerprint density at radius 3 is 1.48 bits per heavy atom. The van der Waals surface area contributed by atoms with Gasteiger partial charge in [-0.1, -0.05) is 0 Å². The Labute approximate surface area is 175 Å². The summed E-state index contributed by atoms with van der Waals surface area (Å²) in [5.41, 5.74) is 1.03. The van der Waals surface area contributed by atoms with Crippen molar-refractivity contribution in [1.82, 2.24) is 0 Å². The van der Waals surface area contributed by atoms with Crippen molar-refractivity contribution < 1.29 is 9.47 Å². The van der Waals surface area contributed by atoms with Crippen molar-refractivity contribution in [2.45, 2.75) is 0 Å². The van der Waals surface area contributed by atoms with E-state index in [2.05, 4.69) is 15.9 Å². The average Bonchev–Trinajstić information content (AvgIpc) is 2.75. The van der Waals surface area contributed by atoms with E-state index in [4.69, 9.17) is 30.5 Å². The van der Waals surface area contributed by atoms with E-state index in [-0.39, 0.29) is 22.3 Å². The highest BCUT2D eigenvalue weighted by Crippen LogP contribution is 2.35. The third-order valence-electron chi connectivity index (χ3n) is 3.83. The molecule has 0 saturated heterocycles. The fourth-order valence-corrected chi connectivity index (χ4v) is 2.88. The lowest BCUT2D eigenvalue weighted by molar-refractivity contribution is 0.466. The second-order valence-electron chi connectivity index (χ2n) is 5.66. The number of hydrogen-bond donors (Lipinski definition) is 0. The van der Waals surface area contributed by atoms with Gasteiger partial charge in [-0.05, 0) is 70.5 Å². The third-order valence-corrected chi connectivity index (χ3v) is 4.45. The van der Waals surface area contributed by atoms with Crippen LogP contribution in [0.5, 0.6) is 23.0 Å². The fraction of sp³-hybridized carbons (Fsp3) is 0. The molecule has 3 aromatic carbocycles. The molecule has 0 aliphatic carbocycles. The minimum atomic E-state index is 0.232. The predicted molar refractivity (Wildman–Crippen MR) is 106 cm³/mol. The number of ether oxygens (including phenoxy) is 2. The minimum absolute atomic E-state index is 0.232. The molecule has 0 aliphatic rings. The van der Waals surface area contributed by atoms with E-state index in [1.54, 1.807) is 30.3 Å². The molecule has 0 saturated carbocycles. The second kappa shape index (κ2) is 8.59. The van der Waals surface area contributed by atoms with Crippen molar-refractivity contribution in [1.29, 1.82) is 21.0 Å². The van der Waals surface area contributed by atoms with Crippen LogP contribution in [-0.2, 0) is 0 Å². The lowest BCUT2D eigenvalue weighted by Crippen LogP contribution is -1.91. The number of nitriles is 4. The van der Waals surface area contributed by atoms with Gasteiger partial charge in [0.25, 0.3) is 0 Å². The maximum Gasteiger partial charge on any atom is 0.141 e. The summed E-state index contributed by atoms with van der Waals surface area (Å²) in [7, 11) is 0. The largest absolute Gasteiger partial charge is 0.457 e. The van der Waals surface area contributed by atoms with Crippen molar-refractivity contribution in [3.8, 4) is 47.3 Å². The van der Waals surface area contributed by atoms with Gasteiger partial charge >= 0.3 is 0 Å². The fourth-order valence-electron chi connectivity index (χ4n) is 2.44. The maximum absolute atomic E-state index is 9.12. The van der Waals surface area contributed by atoms with Gasteiger partial charge in [0.1, 0.15) is 47.3 Å². The van der Waals surface area contributed by atoms with Gasteiger partial charge in [-0.25, -0.2) is 0 Å². The Bertz CT molecular complexity index is 1270. The summed E-state index contributed by atoms with van der Waals surface area (Å²) in [5.74, 6) is 1.83. The van der Waals surface area contributed by atoms with Gasteiger partial charge in [0.15, 0.2) is 0 Å². The van der Waals surface area contributed by atoms with Crippen LogP contribution in [0, 0.1) is 45.3 Å². The molecule has 0 atom stereocenters. The lowest BCUT2D eigenvalue weighted by Gasteiger charge is -2.11. The monoisotopic (exact) mass is 440 g/mol. The maximum atomic E-state index is 9.12. The van der Waals surface area contributed by atoms with Gasteiger partial charge in [0.05, 0.1) is 26.7 Å². The van der Waals surface area contributed by atoms with Crippen LogP contribution >= 0.6 is 15.9 Å². The van der Waals surface area contributed by atoms with E-state index in [0.29, 0.717) is 27.5 Å². The molecule has 0 aromatic heterocycles. The molecule has 0 unspecified atom stereocenters. The Morgan fingerprint density at radius 2 is 1.00 bits per heavy atom. The molecule has 3 aromatic rings. The molecule has 0 bridgehead atoms. The van der Waals surface area contributed by atoms with Crippen LogP contribution in [-0.4, -0.2) is 0 Å². The molecule has 0 radical (unpaired) electrons. The first kappa shape index (κ1) is 19.5. The van der Waals surface area contributed by atoms with Gasteiger partial charge in [-0.15, -0.1) is 0 Å². The molecular weight excluding hydrogens is 432 g/mol. The topological polar surface area (TPSA) is 114 Å². The number of hydrogen-bond acceptors (Lipinski definition) is 6. The predicted octanol–water partition coefficient (Wildman–Crippen LogP) is 5.52. The summed E-state index contributed by atoms with van der Waals surface area (Å²) >= 11 is 3.41. The molecule has 0 N–H and O–H groups in total. The first-order chi connectivity index (χ1) is 14.1. The van der Waals surface area contributed by atoms with E-state index in [9.17, 15) is 0 Å². The quantitative estimate of drug-likeness (QED) is 0.527. The van der Waals surface area contributed by atoms with Gasteiger partial charge in [0, 0.05) is 0 Å². The van der Waals surface area contributed by atoms with Gasteiger partial charge in [0.2, 0.25) is 0 Å². The van der Waals surface area contributed by atoms with E-state index in [1.807, 2.05) is 24.3 Å². The molecule has 3 rings (SSSR count). The van der Waals surface area contributed by atoms with Crippen LogP contribution < -0.4 is 9.47 Å². The zero-order valence-electron chi connectivity index (χ0n) is 14.7. The first-order valence-electron chi connectivity index (χ1n) is 8.11. The van der Waals surface area contributed by atoms with Crippen molar-refractivity contribution in [2.75, 3.05) is 0 Å². The highest BCUT2D eigenvalue weighted by atomic mass is 79.9. The van der Waals surface area contributed by atoms with E-state index < -0.39 is 0 Å². The molecular formula is C22H9BrN4O2. The smallest absolute Gasteiger partial charge is 0.141 e. The Morgan fingerprint density at radius 1 is 0.552 bits per heavy atom. The van der Waals surface area contributed by atoms with Gasteiger partial charge in [-0.2, -0.15) is 21.0 Å². The molecule has 0 heterocycles. The minimum Gasteiger partial charge on any atom is -0.457 e.